The minimum atomic E-state index is -4.80. The zero-order valence-electron chi connectivity index (χ0n) is 18.1. The number of nitrogens with one attached hydrogen (secondary N) is 1. The third-order valence-corrected chi connectivity index (χ3v) is 6.15. The molecule has 0 aliphatic carbocycles. The Hall–Kier alpha value is -3.90. The summed E-state index contributed by atoms with van der Waals surface area (Å²) >= 11 is 0. The summed E-state index contributed by atoms with van der Waals surface area (Å²) in [6.45, 7) is -0.337. The molecule has 9 nitrogen and oxygen atoms in total. The van der Waals surface area contributed by atoms with Gasteiger partial charge in [0.2, 0.25) is 0 Å². The van der Waals surface area contributed by atoms with Gasteiger partial charge in [-0.25, -0.2) is 9.18 Å². The first kappa shape index (κ1) is 22.9. The summed E-state index contributed by atoms with van der Waals surface area (Å²) in [5.41, 5.74) is 0.202. The first-order chi connectivity index (χ1) is 16.6. The van der Waals surface area contributed by atoms with Crippen LogP contribution in [0.15, 0.2) is 42.5 Å². The Morgan fingerprint density at radius 3 is 2.43 bits per heavy atom. The molecule has 13 heteroatoms. The number of halogens is 4. The lowest BCUT2D eigenvalue weighted by atomic mass is 9.97. The predicted octanol–water partition coefficient (Wildman–Crippen LogP) is 3.29. The molecule has 2 atom stereocenters. The molecular formula is C22H19F4N5O4. The number of carbonyl (C=O) groups excluding carboxylic acids is 2. The Morgan fingerprint density at radius 1 is 1.03 bits per heavy atom. The van der Waals surface area contributed by atoms with Gasteiger partial charge in [0.25, 0.3) is 5.91 Å². The van der Waals surface area contributed by atoms with E-state index in [4.69, 9.17) is 4.74 Å². The molecule has 3 aromatic rings. The second-order valence-corrected chi connectivity index (χ2v) is 8.57. The van der Waals surface area contributed by atoms with Crippen molar-refractivity contribution in [3.05, 3.63) is 53.6 Å². The van der Waals surface area contributed by atoms with Crippen molar-refractivity contribution < 1.29 is 36.6 Å². The van der Waals surface area contributed by atoms with E-state index in [0.29, 0.717) is 22.2 Å². The maximum Gasteiger partial charge on any atom is 0.573 e. The van der Waals surface area contributed by atoms with Gasteiger partial charge in [0.15, 0.2) is 5.67 Å². The third kappa shape index (κ3) is 4.70. The molecule has 2 aliphatic heterocycles. The number of likely N-dealkylation sites (tertiary alicyclic amines) is 2. The van der Waals surface area contributed by atoms with Gasteiger partial charge in [-0.3, -0.25) is 4.79 Å². The van der Waals surface area contributed by atoms with Gasteiger partial charge in [-0.05, 0) is 35.9 Å². The van der Waals surface area contributed by atoms with E-state index in [-0.39, 0.29) is 44.4 Å². The monoisotopic (exact) mass is 493 g/mol. The largest absolute Gasteiger partial charge is 0.573 e. The Labute approximate surface area is 195 Å². The zero-order valence-corrected chi connectivity index (χ0v) is 18.1. The first-order valence-electron chi connectivity index (χ1n) is 10.6. The van der Waals surface area contributed by atoms with Gasteiger partial charge in [0.1, 0.15) is 23.4 Å². The second-order valence-electron chi connectivity index (χ2n) is 8.57. The lowest BCUT2D eigenvalue weighted by molar-refractivity contribution is -0.274. The maximum atomic E-state index is 15.6. The van der Waals surface area contributed by atoms with Crippen molar-refractivity contribution in [3.63, 3.8) is 0 Å². The molecule has 0 bridgehead atoms. The van der Waals surface area contributed by atoms with Crippen molar-refractivity contribution in [2.45, 2.75) is 18.6 Å². The van der Waals surface area contributed by atoms with Crippen LogP contribution < -0.4 is 4.74 Å². The molecule has 35 heavy (non-hydrogen) atoms. The number of aromatic amines is 1. The normalized spacial score (nSPS) is 21.9. The average molecular weight is 493 g/mol. The lowest BCUT2D eigenvalue weighted by Crippen LogP contribution is -2.40. The number of hydrogen-bond donors (Lipinski definition) is 1. The number of rotatable bonds is 4. The molecule has 0 radical (unpaired) electrons. The van der Waals surface area contributed by atoms with Crippen molar-refractivity contribution in [1.82, 2.24) is 25.2 Å². The first-order valence-corrected chi connectivity index (χ1v) is 10.6. The van der Waals surface area contributed by atoms with Crippen molar-refractivity contribution in [1.29, 1.82) is 0 Å². The highest BCUT2D eigenvalue weighted by molar-refractivity contribution is 5.97. The van der Waals surface area contributed by atoms with Crippen LogP contribution in [0, 0.1) is 5.92 Å². The van der Waals surface area contributed by atoms with E-state index in [9.17, 15) is 22.8 Å². The molecule has 2 amide bonds. The van der Waals surface area contributed by atoms with Crippen LogP contribution in [-0.4, -0.2) is 75.4 Å². The Morgan fingerprint density at radius 2 is 1.71 bits per heavy atom. The van der Waals surface area contributed by atoms with Crippen LogP contribution in [0.4, 0.5) is 22.4 Å². The Balaban J connectivity index is 1.15. The highest BCUT2D eigenvalue weighted by Gasteiger charge is 2.55. The summed E-state index contributed by atoms with van der Waals surface area (Å²) in [4.78, 5) is 28.0. The highest BCUT2D eigenvalue weighted by Crippen LogP contribution is 2.39. The average Bonchev–Trinajstić information content (AvgIpc) is 3.48. The van der Waals surface area contributed by atoms with Crippen molar-refractivity contribution >= 4 is 23.0 Å². The molecule has 184 valence electrons. The van der Waals surface area contributed by atoms with E-state index in [1.54, 1.807) is 18.2 Å². The number of alkyl halides is 4. The van der Waals surface area contributed by atoms with Crippen molar-refractivity contribution in [2.24, 2.45) is 5.92 Å². The fourth-order valence-corrected chi connectivity index (χ4v) is 4.46. The summed E-state index contributed by atoms with van der Waals surface area (Å²) in [6, 6.07) is 9.75. The molecule has 2 aromatic carbocycles. The lowest BCUT2D eigenvalue weighted by Gasteiger charge is -2.23. The van der Waals surface area contributed by atoms with E-state index in [1.165, 1.54) is 21.9 Å². The van der Waals surface area contributed by atoms with Gasteiger partial charge >= 0.3 is 12.5 Å². The van der Waals surface area contributed by atoms with Crippen LogP contribution in [0.1, 0.15) is 15.9 Å². The third-order valence-electron chi connectivity index (χ3n) is 6.15. The topological polar surface area (TPSA) is 101 Å². The fourth-order valence-electron chi connectivity index (χ4n) is 4.46. The van der Waals surface area contributed by atoms with Crippen LogP contribution in [-0.2, 0) is 11.3 Å². The molecule has 1 aromatic heterocycles. The second kappa shape index (κ2) is 8.40. The number of amides is 2. The molecule has 2 fully saturated rings. The van der Waals surface area contributed by atoms with E-state index in [2.05, 4.69) is 20.1 Å². The summed E-state index contributed by atoms with van der Waals surface area (Å²) < 4.78 is 61.3. The Bertz CT molecular complexity index is 1260. The standard InChI is InChI=1S/C22H19F4N5O4/c23-21-11-30(19(32)14-3-6-17-18(7-14)28-29-27-17)8-15(21)9-31(12-21)20(33)34-10-13-1-4-16(5-2-13)35-22(24,25)26/h1-7,15H,8-12H2,(H,27,28,29)/t15-,21+/m1/s1. The quantitative estimate of drug-likeness (QED) is 0.560. The molecular weight excluding hydrogens is 474 g/mol. The maximum absolute atomic E-state index is 15.6. The van der Waals surface area contributed by atoms with Gasteiger partial charge in [-0.15, -0.1) is 13.2 Å². The fraction of sp³-hybridized carbons (Fsp3) is 0.364. The predicted molar refractivity (Wildman–Crippen MR) is 112 cm³/mol. The van der Waals surface area contributed by atoms with E-state index >= 15 is 4.39 Å². The van der Waals surface area contributed by atoms with Gasteiger partial charge < -0.3 is 19.3 Å². The minimum Gasteiger partial charge on any atom is -0.445 e. The van der Waals surface area contributed by atoms with Crippen LogP contribution in [0.3, 0.4) is 0 Å². The van der Waals surface area contributed by atoms with Gasteiger partial charge in [0, 0.05) is 24.6 Å². The summed E-state index contributed by atoms with van der Waals surface area (Å²) in [7, 11) is 0. The van der Waals surface area contributed by atoms with Gasteiger partial charge in [-0.1, -0.05) is 12.1 Å². The van der Waals surface area contributed by atoms with Crippen LogP contribution >= 0.6 is 0 Å². The van der Waals surface area contributed by atoms with Gasteiger partial charge in [-0.2, -0.15) is 15.4 Å². The van der Waals surface area contributed by atoms with E-state index < -0.39 is 24.0 Å². The van der Waals surface area contributed by atoms with Crippen molar-refractivity contribution in [3.8, 4) is 5.75 Å². The molecule has 0 saturated carbocycles. The minimum absolute atomic E-state index is 0.0831. The molecule has 0 spiro atoms. The number of fused-ring (bicyclic) bond motifs is 2. The molecule has 1 N–H and O–H groups in total. The summed E-state index contributed by atoms with van der Waals surface area (Å²) in [5, 5.41) is 10.4. The zero-order chi connectivity index (χ0) is 24.8. The Kier molecular flexibility index (Phi) is 5.49. The van der Waals surface area contributed by atoms with E-state index in [1.807, 2.05) is 0 Å². The van der Waals surface area contributed by atoms with E-state index in [0.717, 1.165) is 12.1 Å². The number of H-pyrrole nitrogens is 1. The molecule has 3 heterocycles. The van der Waals surface area contributed by atoms with Crippen molar-refractivity contribution in [2.75, 3.05) is 26.2 Å². The SMILES string of the molecule is O=C(OCc1ccc(OC(F)(F)F)cc1)N1C[C@H]2CN(C(=O)c3ccc4n[nH]nc4c3)C[C@]2(F)C1. The highest BCUT2D eigenvalue weighted by atomic mass is 19.4. The number of ether oxygens (including phenoxy) is 2. The molecule has 2 aliphatic rings. The number of aromatic nitrogens is 3. The smallest absolute Gasteiger partial charge is 0.445 e. The van der Waals surface area contributed by atoms with Gasteiger partial charge in [0.05, 0.1) is 13.1 Å². The van der Waals surface area contributed by atoms with Crippen LogP contribution in [0.2, 0.25) is 0 Å². The number of carbonyl (C=O) groups is 2. The molecule has 5 rings (SSSR count). The van der Waals surface area contributed by atoms with Crippen LogP contribution in [0.5, 0.6) is 5.75 Å². The number of nitrogens with zero attached hydrogens (tertiary/aromatic N) is 4. The summed E-state index contributed by atoms with van der Waals surface area (Å²) in [6.07, 6.45) is -5.53. The molecule has 0 unspecified atom stereocenters. The molecule has 2 saturated heterocycles. The number of benzene rings is 2. The summed E-state index contributed by atoms with van der Waals surface area (Å²) in [5.74, 6) is -1.28. The van der Waals surface area contributed by atoms with Crippen LogP contribution in [0.25, 0.3) is 11.0 Å². The number of hydrogen-bond acceptors (Lipinski definition) is 6.